The summed E-state index contributed by atoms with van der Waals surface area (Å²) in [6.07, 6.45) is 3.12. The molecule has 0 radical (unpaired) electrons. The Morgan fingerprint density at radius 1 is 1.31 bits per heavy atom. The normalized spacial score (nSPS) is 25.5. The Hall–Kier alpha value is -2.08. The highest BCUT2D eigenvalue weighted by molar-refractivity contribution is 7.80. The molecule has 0 saturated heterocycles. The molecule has 1 aliphatic heterocycles. The standard InChI is InChI=1S/C20H26N2O3S/c1-4-24-16-10-6-5-9-14(16)18-17(13(3)21-20(26)22-18)19(23)25-15-11-7-8-12(15)2/h5-6,9-10,12,15,18H,4,7-8,11H2,1-3H3,(H2,21,22,26)/t12-,15+,18+/m1/s1. The number of thiocarbonyl (C=S) groups is 1. The summed E-state index contributed by atoms with van der Waals surface area (Å²) in [6.45, 7) is 6.49. The average Bonchev–Trinajstić information content (AvgIpc) is 2.99. The van der Waals surface area contributed by atoms with Gasteiger partial charge < -0.3 is 20.1 Å². The van der Waals surface area contributed by atoms with E-state index in [9.17, 15) is 4.79 Å². The lowest BCUT2D eigenvalue weighted by Crippen LogP contribution is -2.45. The number of carbonyl (C=O) groups is 1. The molecule has 0 bridgehead atoms. The summed E-state index contributed by atoms with van der Waals surface area (Å²) in [6, 6.07) is 7.32. The molecule has 3 rings (SSSR count). The summed E-state index contributed by atoms with van der Waals surface area (Å²) < 4.78 is 11.6. The molecule has 1 heterocycles. The second kappa shape index (κ2) is 8.08. The molecule has 1 aliphatic carbocycles. The smallest absolute Gasteiger partial charge is 0.338 e. The summed E-state index contributed by atoms with van der Waals surface area (Å²) in [4.78, 5) is 13.0. The van der Waals surface area contributed by atoms with E-state index in [1.807, 2.05) is 38.1 Å². The van der Waals surface area contributed by atoms with Crippen LogP contribution in [0.1, 0.15) is 51.6 Å². The molecular weight excluding hydrogens is 348 g/mol. The van der Waals surface area contributed by atoms with Crippen LogP contribution in [0.25, 0.3) is 0 Å². The lowest BCUT2D eigenvalue weighted by atomic mass is 9.94. The Morgan fingerprint density at radius 2 is 2.08 bits per heavy atom. The van der Waals surface area contributed by atoms with Gasteiger partial charge in [-0.1, -0.05) is 25.1 Å². The lowest BCUT2D eigenvalue weighted by Gasteiger charge is -2.31. The second-order valence-corrected chi connectivity index (χ2v) is 7.30. The Labute approximate surface area is 160 Å². The zero-order valence-corrected chi connectivity index (χ0v) is 16.3. The van der Waals surface area contributed by atoms with E-state index >= 15 is 0 Å². The molecule has 1 aromatic carbocycles. The quantitative estimate of drug-likeness (QED) is 0.606. The molecule has 1 saturated carbocycles. The first-order chi connectivity index (χ1) is 12.5. The fourth-order valence-electron chi connectivity index (χ4n) is 3.69. The van der Waals surface area contributed by atoms with Crippen LogP contribution in [0, 0.1) is 5.92 Å². The topological polar surface area (TPSA) is 59.6 Å². The summed E-state index contributed by atoms with van der Waals surface area (Å²) in [5.74, 6) is 0.851. The zero-order chi connectivity index (χ0) is 18.7. The van der Waals surface area contributed by atoms with Gasteiger partial charge in [-0.25, -0.2) is 4.79 Å². The highest BCUT2D eigenvalue weighted by Gasteiger charge is 2.35. The third-order valence-electron chi connectivity index (χ3n) is 5.06. The van der Waals surface area contributed by atoms with Gasteiger partial charge in [0.1, 0.15) is 11.9 Å². The highest BCUT2D eigenvalue weighted by Crippen LogP contribution is 2.35. The molecule has 1 aromatic rings. The third kappa shape index (κ3) is 3.85. The molecule has 5 nitrogen and oxygen atoms in total. The second-order valence-electron chi connectivity index (χ2n) is 6.89. The number of nitrogens with one attached hydrogen (secondary N) is 2. The minimum atomic E-state index is -0.393. The fraction of sp³-hybridized carbons (Fsp3) is 0.500. The zero-order valence-electron chi connectivity index (χ0n) is 15.5. The van der Waals surface area contributed by atoms with Crippen LogP contribution in [0.2, 0.25) is 0 Å². The molecule has 140 valence electrons. The van der Waals surface area contributed by atoms with Crippen LogP contribution in [-0.4, -0.2) is 23.8 Å². The summed E-state index contributed by atoms with van der Waals surface area (Å²) in [5, 5.41) is 6.76. The number of hydrogen-bond acceptors (Lipinski definition) is 4. The van der Waals surface area contributed by atoms with Crippen molar-refractivity contribution >= 4 is 23.3 Å². The number of esters is 1. The van der Waals surface area contributed by atoms with E-state index in [2.05, 4.69) is 17.6 Å². The minimum Gasteiger partial charge on any atom is -0.494 e. The van der Waals surface area contributed by atoms with Gasteiger partial charge in [0.05, 0.1) is 18.2 Å². The van der Waals surface area contributed by atoms with Gasteiger partial charge in [-0.2, -0.15) is 0 Å². The van der Waals surface area contributed by atoms with Crippen molar-refractivity contribution in [3.8, 4) is 5.75 Å². The maximum absolute atomic E-state index is 13.0. The Morgan fingerprint density at radius 3 is 2.77 bits per heavy atom. The van der Waals surface area contributed by atoms with Gasteiger partial charge >= 0.3 is 5.97 Å². The van der Waals surface area contributed by atoms with Crippen LogP contribution in [-0.2, 0) is 9.53 Å². The molecule has 0 spiro atoms. The van der Waals surface area contributed by atoms with E-state index in [1.165, 1.54) is 0 Å². The first-order valence-corrected chi connectivity index (χ1v) is 9.63. The largest absolute Gasteiger partial charge is 0.494 e. The van der Waals surface area contributed by atoms with Crippen molar-refractivity contribution in [2.24, 2.45) is 5.92 Å². The van der Waals surface area contributed by atoms with E-state index in [1.54, 1.807) is 0 Å². The monoisotopic (exact) mass is 374 g/mol. The predicted molar refractivity (Wildman–Crippen MR) is 105 cm³/mol. The van der Waals surface area contributed by atoms with Gasteiger partial charge in [0.2, 0.25) is 0 Å². The average molecular weight is 375 g/mol. The van der Waals surface area contributed by atoms with Gasteiger partial charge in [0, 0.05) is 11.3 Å². The Kier molecular flexibility index (Phi) is 5.81. The first kappa shape index (κ1) is 18.7. The van der Waals surface area contributed by atoms with Gasteiger partial charge in [-0.3, -0.25) is 0 Å². The van der Waals surface area contributed by atoms with Crippen molar-refractivity contribution < 1.29 is 14.3 Å². The number of benzene rings is 1. The van der Waals surface area contributed by atoms with Crippen LogP contribution in [0.4, 0.5) is 0 Å². The van der Waals surface area contributed by atoms with E-state index in [4.69, 9.17) is 21.7 Å². The SMILES string of the molecule is CCOc1ccccc1[C@@H]1NC(=S)NC(C)=C1C(=O)O[C@H]1CCC[C@H]1C. The van der Waals surface area contributed by atoms with Crippen molar-refractivity contribution in [2.75, 3.05) is 6.61 Å². The molecule has 26 heavy (non-hydrogen) atoms. The molecule has 1 fully saturated rings. The summed E-state index contributed by atoms with van der Waals surface area (Å²) in [7, 11) is 0. The molecule has 0 aromatic heterocycles. The molecule has 2 N–H and O–H groups in total. The van der Waals surface area contributed by atoms with E-state index < -0.39 is 6.04 Å². The van der Waals surface area contributed by atoms with Crippen LogP contribution in [0.5, 0.6) is 5.75 Å². The predicted octanol–water partition coefficient (Wildman–Crippen LogP) is 3.61. The first-order valence-electron chi connectivity index (χ1n) is 9.22. The molecule has 0 amide bonds. The van der Waals surface area contributed by atoms with Crippen molar-refractivity contribution in [3.63, 3.8) is 0 Å². The summed E-state index contributed by atoms with van der Waals surface area (Å²) >= 11 is 5.32. The molecule has 0 unspecified atom stereocenters. The number of ether oxygens (including phenoxy) is 2. The van der Waals surface area contributed by atoms with Crippen molar-refractivity contribution in [1.29, 1.82) is 0 Å². The number of hydrogen-bond donors (Lipinski definition) is 2. The number of carbonyl (C=O) groups excluding carboxylic acids is 1. The lowest BCUT2D eigenvalue weighted by molar-refractivity contribution is -0.146. The van der Waals surface area contributed by atoms with Gasteiger partial charge in [0.25, 0.3) is 0 Å². The molecule has 6 heteroatoms. The van der Waals surface area contributed by atoms with E-state index in [0.29, 0.717) is 23.2 Å². The number of para-hydroxylation sites is 1. The minimum absolute atomic E-state index is 0.0144. The van der Waals surface area contributed by atoms with Crippen molar-refractivity contribution in [1.82, 2.24) is 10.6 Å². The fourth-order valence-corrected chi connectivity index (χ4v) is 3.96. The van der Waals surface area contributed by atoms with Gasteiger partial charge in [-0.05, 0) is 57.3 Å². The maximum atomic E-state index is 13.0. The molecule has 2 aliphatic rings. The number of allylic oxidation sites excluding steroid dienone is 1. The number of rotatable bonds is 5. The summed E-state index contributed by atoms with van der Waals surface area (Å²) in [5.41, 5.74) is 2.16. The highest BCUT2D eigenvalue weighted by atomic mass is 32.1. The Balaban J connectivity index is 1.93. The van der Waals surface area contributed by atoms with E-state index in [0.717, 1.165) is 36.3 Å². The van der Waals surface area contributed by atoms with Crippen LogP contribution >= 0.6 is 12.2 Å². The van der Waals surface area contributed by atoms with Crippen LogP contribution in [0.15, 0.2) is 35.5 Å². The van der Waals surface area contributed by atoms with Gasteiger partial charge in [-0.15, -0.1) is 0 Å². The Bertz CT molecular complexity index is 732. The molecular formula is C20H26N2O3S. The molecule has 3 atom stereocenters. The van der Waals surface area contributed by atoms with Crippen LogP contribution in [0.3, 0.4) is 0 Å². The van der Waals surface area contributed by atoms with E-state index in [-0.39, 0.29) is 12.1 Å². The van der Waals surface area contributed by atoms with Crippen molar-refractivity contribution in [2.45, 2.75) is 52.2 Å². The van der Waals surface area contributed by atoms with Gasteiger partial charge in [0.15, 0.2) is 5.11 Å². The van der Waals surface area contributed by atoms with Crippen molar-refractivity contribution in [3.05, 3.63) is 41.1 Å². The third-order valence-corrected chi connectivity index (χ3v) is 5.28. The van der Waals surface area contributed by atoms with Crippen LogP contribution < -0.4 is 15.4 Å². The maximum Gasteiger partial charge on any atom is 0.338 e.